The second-order valence-electron chi connectivity index (χ2n) is 7.00. The fourth-order valence-corrected chi connectivity index (χ4v) is 3.73. The first-order valence-corrected chi connectivity index (χ1v) is 9.95. The lowest BCUT2D eigenvalue weighted by Gasteiger charge is -2.12. The molecule has 7 nitrogen and oxygen atoms in total. The zero-order valence-electron chi connectivity index (χ0n) is 16.6. The molecule has 0 unspecified atom stereocenters. The molecule has 1 aromatic carbocycles. The summed E-state index contributed by atoms with van der Waals surface area (Å²) in [6.07, 6.45) is 1.67. The number of amides is 1. The highest BCUT2D eigenvalue weighted by Crippen LogP contribution is 2.17. The van der Waals surface area contributed by atoms with Gasteiger partial charge < -0.3 is 11.1 Å². The number of aromatic nitrogens is 3. The van der Waals surface area contributed by atoms with Gasteiger partial charge in [-0.15, -0.1) is 0 Å². The van der Waals surface area contributed by atoms with E-state index in [2.05, 4.69) is 10.3 Å². The molecule has 0 fully saturated rings. The van der Waals surface area contributed by atoms with Gasteiger partial charge >= 0.3 is 0 Å². The van der Waals surface area contributed by atoms with E-state index in [1.165, 1.54) is 10.5 Å². The van der Waals surface area contributed by atoms with E-state index >= 15 is 0 Å². The first kappa shape index (κ1) is 19.8. The van der Waals surface area contributed by atoms with E-state index in [1.54, 1.807) is 22.9 Å². The van der Waals surface area contributed by atoms with E-state index in [0.29, 0.717) is 28.2 Å². The fraction of sp³-hybridized carbons (Fsp3) is 0.182. The van der Waals surface area contributed by atoms with E-state index in [9.17, 15) is 9.59 Å². The summed E-state index contributed by atoms with van der Waals surface area (Å²) in [6.45, 7) is 4.49. The second kappa shape index (κ2) is 7.76. The van der Waals surface area contributed by atoms with Gasteiger partial charge in [-0.1, -0.05) is 40.9 Å². The van der Waals surface area contributed by atoms with Crippen molar-refractivity contribution in [1.29, 1.82) is 0 Å². The summed E-state index contributed by atoms with van der Waals surface area (Å²) in [5, 5.41) is 3.73. The summed E-state index contributed by atoms with van der Waals surface area (Å²) in [5.74, 6) is -0.128. The molecule has 3 N–H and O–H groups in total. The molecule has 0 radical (unpaired) electrons. The quantitative estimate of drug-likeness (QED) is 0.390. The van der Waals surface area contributed by atoms with Crippen LogP contribution in [-0.2, 0) is 13.1 Å². The van der Waals surface area contributed by atoms with Gasteiger partial charge in [-0.3, -0.25) is 14.0 Å². The molecule has 0 bridgehead atoms. The highest BCUT2D eigenvalue weighted by Gasteiger charge is 2.24. The van der Waals surface area contributed by atoms with Crippen LogP contribution in [0.4, 0.5) is 5.82 Å². The lowest BCUT2D eigenvalue weighted by molar-refractivity contribution is -0.655. The van der Waals surface area contributed by atoms with Gasteiger partial charge in [0.1, 0.15) is 10.9 Å². The van der Waals surface area contributed by atoms with Crippen molar-refractivity contribution in [3.63, 3.8) is 0 Å². The van der Waals surface area contributed by atoms with E-state index in [4.69, 9.17) is 17.3 Å². The minimum atomic E-state index is -0.384. The van der Waals surface area contributed by atoms with Gasteiger partial charge in [0.2, 0.25) is 11.5 Å². The largest absolute Gasteiger partial charge is 0.348 e. The number of nitrogens with two attached hydrogens (primary N) is 1. The maximum absolute atomic E-state index is 13.1. The number of hydrogen-bond acceptors (Lipinski definition) is 4. The molecule has 30 heavy (non-hydrogen) atoms. The Bertz CT molecular complexity index is 1360. The Morgan fingerprint density at radius 2 is 2.03 bits per heavy atom. The second-order valence-corrected chi connectivity index (χ2v) is 7.41. The predicted octanol–water partition coefficient (Wildman–Crippen LogP) is 2.63. The molecule has 3 aromatic heterocycles. The third-order valence-electron chi connectivity index (χ3n) is 5.13. The minimum Gasteiger partial charge on any atom is -0.348 e. The molecule has 3 heterocycles. The summed E-state index contributed by atoms with van der Waals surface area (Å²) >= 11 is 6.17. The monoisotopic (exact) mass is 422 g/mol. The number of nitrogen functional groups attached to an aromatic ring is 1. The van der Waals surface area contributed by atoms with Crippen LogP contribution in [0.1, 0.15) is 28.4 Å². The molecule has 0 saturated heterocycles. The van der Waals surface area contributed by atoms with Crippen LogP contribution in [0, 0.1) is 6.92 Å². The molecule has 1 amide bonds. The summed E-state index contributed by atoms with van der Waals surface area (Å²) in [4.78, 5) is 30.7. The molecule has 4 rings (SSSR count). The van der Waals surface area contributed by atoms with Crippen LogP contribution in [0.25, 0.3) is 16.7 Å². The lowest BCUT2D eigenvalue weighted by Crippen LogP contribution is -2.42. The van der Waals surface area contributed by atoms with Gasteiger partial charge in [-0.2, -0.15) is 0 Å². The minimum absolute atomic E-state index is 0.225. The van der Waals surface area contributed by atoms with Gasteiger partial charge in [0.05, 0.1) is 6.54 Å². The maximum Gasteiger partial charge on any atom is 0.278 e. The first-order chi connectivity index (χ1) is 14.4. The number of aryl methyl sites for hydroxylation is 2. The zero-order chi connectivity index (χ0) is 21.4. The van der Waals surface area contributed by atoms with Crippen molar-refractivity contribution >= 4 is 40.0 Å². The van der Waals surface area contributed by atoms with E-state index in [-0.39, 0.29) is 29.4 Å². The van der Waals surface area contributed by atoms with Gasteiger partial charge in [-0.25, -0.2) is 4.57 Å². The van der Waals surface area contributed by atoms with Gasteiger partial charge in [0.15, 0.2) is 0 Å². The van der Waals surface area contributed by atoms with E-state index in [1.807, 2.05) is 38.1 Å². The molecule has 0 spiro atoms. The van der Waals surface area contributed by atoms with Crippen molar-refractivity contribution in [2.24, 2.45) is 0 Å². The topological polar surface area (TPSA) is 93.4 Å². The molecule has 0 saturated carbocycles. The number of anilines is 1. The summed E-state index contributed by atoms with van der Waals surface area (Å²) in [5.41, 5.74) is 8.98. The Morgan fingerprint density at radius 1 is 1.27 bits per heavy atom. The highest BCUT2D eigenvalue weighted by atomic mass is 35.5. The number of benzene rings is 1. The van der Waals surface area contributed by atoms with Crippen molar-refractivity contribution in [3.05, 3.63) is 80.7 Å². The number of pyridine rings is 2. The normalized spacial score (nSPS) is 11.2. The number of hydrogen-bond donors (Lipinski definition) is 2. The summed E-state index contributed by atoms with van der Waals surface area (Å²) in [7, 11) is 0. The van der Waals surface area contributed by atoms with Crippen LogP contribution in [0.5, 0.6) is 0 Å². The number of fused-ring (bicyclic) bond motifs is 2. The van der Waals surface area contributed by atoms with Gasteiger partial charge in [0, 0.05) is 23.3 Å². The van der Waals surface area contributed by atoms with Crippen LogP contribution in [0.15, 0.2) is 53.5 Å². The Balaban J connectivity index is 1.84. The standard InChI is InChI=1S/C22H20ClN5O2/c1-3-27-18(24)15(21(29)25-12-14-8-4-5-9-17(14)23)11-16-20(27)26-19-13(2)7-6-10-28(19)22(16)30/h4-11,24H,3,12H2,1-2H3,(H,25,29)/p+1. The molecule has 0 atom stereocenters. The number of carbonyl (C=O) groups is 1. The SMILES string of the molecule is CC[n+]1c(N)c(C(=O)NCc2ccccc2Cl)cc2c(=O)n3cccc(C)c3nc21. The Kier molecular flexibility index (Phi) is 5.13. The molecule has 0 aliphatic carbocycles. The number of carbonyl (C=O) groups excluding carboxylic acids is 1. The molecule has 152 valence electrons. The van der Waals surface area contributed by atoms with E-state index in [0.717, 1.165) is 11.1 Å². The molecular weight excluding hydrogens is 402 g/mol. The molecule has 8 heteroatoms. The first-order valence-electron chi connectivity index (χ1n) is 9.58. The summed E-state index contributed by atoms with van der Waals surface area (Å²) < 4.78 is 3.17. The van der Waals surface area contributed by atoms with Gasteiger partial charge in [-0.05, 0) is 37.6 Å². The molecule has 0 aliphatic rings. The smallest absolute Gasteiger partial charge is 0.278 e. The average molecular weight is 423 g/mol. The average Bonchev–Trinajstić information content (AvgIpc) is 2.74. The lowest BCUT2D eigenvalue weighted by atomic mass is 10.1. The van der Waals surface area contributed by atoms with Crippen molar-refractivity contribution < 1.29 is 9.36 Å². The van der Waals surface area contributed by atoms with Crippen LogP contribution in [0.2, 0.25) is 5.02 Å². The molecular formula is C22H21ClN5O2+. The zero-order valence-corrected chi connectivity index (χ0v) is 17.4. The van der Waals surface area contributed by atoms with Crippen LogP contribution in [-0.4, -0.2) is 15.3 Å². The number of halogens is 1. The van der Waals surface area contributed by atoms with Crippen molar-refractivity contribution in [2.75, 3.05) is 5.73 Å². The third-order valence-corrected chi connectivity index (χ3v) is 5.50. The summed E-state index contributed by atoms with van der Waals surface area (Å²) in [6, 6.07) is 12.5. The van der Waals surface area contributed by atoms with Crippen molar-refractivity contribution in [1.82, 2.24) is 14.7 Å². The number of nitrogens with zero attached hydrogens (tertiary/aromatic N) is 3. The predicted molar refractivity (Wildman–Crippen MR) is 117 cm³/mol. The Hall–Kier alpha value is -3.45. The fourth-order valence-electron chi connectivity index (χ4n) is 3.52. The van der Waals surface area contributed by atoms with E-state index < -0.39 is 0 Å². The van der Waals surface area contributed by atoms with Gasteiger partial charge in [0.25, 0.3) is 17.1 Å². The highest BCUT2D eigenvalue weighted by molar-refractivity contribution is 6.31. The molecule has 4 aromatic rings. The third kappa shape index (κ3) is 3.27. The number of nitrogens with one attached hydrogen (secondary N) is 1. The maximum atomic E-state index is 13.1. The van der Waals surface area contributed by atoms with Crippen LogP contribution >= 0.6 is 11.6 Å². The van der Waals surface area contributed by atoms with Crippen molar-refractivity contribution in [3.8, 4) is 0 Å². The van der Waals surface area contributed by atoms with Crippen molar-refractivity contribution in [2.45, 2.75) is 26.9 Å². The van der Waals surface area contributed by atoms with Crippen LogP contribution < -0.4 is 21.2 Å². The number of rotatable bonds is 4. The van der Waals surface area contributed by atoms with Crippen LogP contribution in [0.3, 0.4) is 0 Å². The molecule has 0 aliphatic heterocycles. The Morgan fingerprint density at radius 3 is 2.77 bits per heavy atom. The Labute approximate surface area is 177 Å².